The van der Waals surface area contributed by atoms with Gasteiger partial charge in [0.25, 0.3) is 5.91 Å². The Morgan fingerprint density at radius 2 is 1.49 bits per heavy atom. The molecule has 4 nitrogen and oxygen atoms in total. The van der Waals surface area contributed by atoms with Crippen molar-refractivity contribution >= 4 is 56.5 Å². The van der Waals surface area contributed by atoms with Crippen LogP contribution in [0.4, 0.5) is 5.13 Å². The Morgan fingerprint density at radius 1 is 0.795 bits per heavy atom. The molecule has 4 aromatic carbocycles. The number of rotatable bonds is 5. The predicted octanol–water partition coefficient (Wildman–Crippen LogP) is 9.56. The molecule has 0 bridgehead atoms. The molecule has 6 aromatic rings. The molecule has 2 heterocycles. The first kappa shape index (κ1) is 25.3. The molecule has 0 saturated carbocycles. The number of nitrogens with zero attached hydrogens (tertiary/aromatic N) is 2. The second-order valence-electron chi connectivity index (χ2n) is 9.04. The molecule has 0 radical (unpaired) electrons. The van der Waals surface area contributed by atoms with Gasteiger partial charge in [-0.1, -0.05) is 96.0 Å². The minimum Gasteiger partial charge on any atom is -0.298 e. The molecular formula is C32H21Cl2N3OS. The fraction of sp³-hybridized carbons (Fsp3) is 0.0312. The number of hydrogen-bond acceptors (Lipinski definition) is 4. The quantitative estimate of drug-likeness (QED) is 0.226. The maximum absolute atomic E-state index is 13.7. The zero-order chi connectivity index (χ0) is 26.9. The Kier molecular flexibility index (Phi) is 6.88. The summed E-state index contributed by atoms with van der Waals surface area (Å²) in [7, 11) is 0. The van der Waals surface area contributed by atoms with Gasteiger partial charge >= 0.3 is 0 Å². The van der Waals surface area contributed by atoms with E-state index in [2.05, 4.69) is 29.6 Å². The van der Waals surface area contributed by atoms with E-state index in [-0.39, 0.29) is 5.91 Å². The van der Waals surface area contributed by atoms with Crippen LogP contribution in [0.1, 0.15) is 15.9 Å². The largest absolute Gasteiger partial charge is 0.298 e. The lowest BCUT2D eigenvalue weighted by Crippen LogP contribution is -2.15. The molecule has 6 rings (SSSR count). The fourth-order valence-corrected chi connectivity index (χ4v) is 5.84. The van der Waals surface area contributed by atoms with E-state index >= 15 is 0 Å². The van der Waals surface area contributed by atoms with Crippen LogP contribution in [0.2, 0.25) is 10.0 Å². The Morgan fingerprint density at radius 3 is 2.26 bits per heavy atom. The monoisotopic (exact) mass is 565 g/mol. The van der Waals surface area contributed by atoms with Crippen LogP contribution in [-0.2, 0) is 0 Å². The first-order valence-electron chi connectivity index (χ1n) is 12.3. The van der Waals surface area contributed by atoms with Crippen LogP contribution in [0.3, 0.4) is 0 Å². The van der Waals surface area contributed by atoms with E-state index in [1.165, 1.54) is 11.3 Å². The molecule has 0 fully saturated rings. The highest BCUT2D eigenvalue weighted by molar-refractivity contribution is 7.14. The lowest BCUT2D eigenvalue weighted by atomic mass is 9.97. The van der Waals surface area contributed by atoms with Crippen LogP contribution < -0.4 is 5.32 Å². The zero-order valence-electron chi connectivity index (χ0n) is 20.8. The number of aromatic nitrogens is 2. The Balaban J connectivity index is 1.32. The standard InChI is InChI=1S/C32H21Cl2N3OS/c1-19-29(25-9-5-6-10-27(25)35-30(19)24-16-15-23(33)17-26(24)34)31(38)37-32-36-28(18-39-32)22-13-11-21(12-14-22)20-7-3-2-4-8-20/h2-18H,1H3,(H,36,37,38). The van der Waals surface area contributed by atoms with Gasteiger partial charge in [0.15, 0.2) is 5.13 Å². The van der Waals surface area contributed by atoms with Crippen LogP contribution in [-0.4, -0.2) is 15.9 Å². The summed E-state index contributed by atoms with van der Waals surface area (Å²) in [5, 5.41) is 7.25. The van der Waals surface area contributed by atoms with E-state index in [1.807, 2.05) is 73.0 Å². The molecule has 1 amide bonds. The molecule has 0 aliphatic heterocycles. The highest BCUT2D eigenvalue weighted by Crippen LogP contribution is 2.35. The first-order valence-corrected chi connectivity index (χ1v) is 13.9. The van der Waals surface area contributed by atoms with E-state index in [0.717, 1.165) is 33.3 Å². The SMILES string of the molecule is Cc1c(-c2ccc(Cl)cc2Cl)nc2ccccc2c1C(=O)Nc1nc(-c2ccc(-c3ccccc3)cc2)cs1. The van der Waals surface area contributed by atoms with Crippen LogP contribution in [0.25, 0.3) is 44.5 Å². The highest BCUT2D eigenvalue weighted by Gasteiger charge is 2.21. The minimum absolute atomic E-state index is 0.252. The second-order valence-corrected chi connectivity index (χ2v) is 10.7. The van der Waals surface area contributed by atoms with Crippen molar-refractivity contribution in [1.29, 1.82) is 0 Å². The number of para-hydroxylation sites is 1. The summed E-state index contributed by atoms with van der Waals surface area (Å²) >= 11 is 14.0. The summed E-state index contributed by atoms with van der Waals surface area (Å²) in [6, 6.07) is 31.3. The van der Waals surface area contributed by atoms with Gasteiger partial charge in [-0.05, 0) is 47.9 Å². The molecule has 7 heteroatoms. The van der Waals surface area contributed by atoms with Crippen molar-refractivity contribution in [3.63, 3.8) is 0 Å². The van der Waals surface area contributed by atoms with E-state index in [1.54, 1.807) is 12.1 Å². The van der Waals surface area contributed by atoms with Gasteiger partial charge in [0, 0.05) is 26.9 Å². The van der Waals surface area contributed by atoms with Gasteiger partial charge in [0.1, 0.15) is 0 Å². The van der Waals surface area contributed by atoms with Crippen molar-refractivity contribution in [3.8, 4) is 33.6 Å². The number of hydrogen-bond donors (Lipinski definition) is 1. The second kappa shape index (κ2) is 10.6. The summed E-state index contributed by atoms with van der Waals surface area (Å²) in [4.78, 5) is 23.2. The van der Waals surface area contributed by atoms with Crippen molar-refractivity contribution in [2.45, 2.75) is 6.92 Å². The lowest BCUT2D eigenvalue weighted by molar-refractivity contribution is 0.102. The maximum Gasteiger partial charge on any atom is 0.258 e. The summed E-state index contributed by atoms with van der Waals surface area (Å²) in [6.45, 7) is 1.89. The van der Waals surface area contributed by atoms with Gasteiger partial charge in [0.05, 0.1) is 27.5 Å². The normalized spacial score (nSPS) is 11.1. The Bertz CT molecular complexity index is 1830. The van der Waals surface area contributed by atoms with Gasteiger partial charge in [-0.3, -0.25) is 10.1 Å². The molecule has 0 spiro atoms. The molecule has 0 atom stereocenters. The zero-order valence-corrected chi connectivity index (χ0v) is 23.1. The molecular weight excluding hydrogens is 545 g/mol. The lowest BCUT2D eigenvalue weighted by Gasteiger charge is -2.15. The van der Waals surface area contributed by atoms with Crippen molar-refractivity contribution in [3.05, 3.63) is 124 Å². The number of carbonyl (C=O) groups is 1. The summed E-state index contributed by atoms with van der Waals surface area (Å²) in [6.07, 6.45) is 0. The fourth-order valence-electron chi connectivity index (χ4n) is 4.63. The third kappa shape index (κ3) is 5.04. The molecule has 2 aromatic heterocycles. The Hall–Kier alpha value is -4.03. The molecule has 0 unspecified atom stereocenters. The van der Waals surface area contributed by atoms with Crippen molar-refractivity contribution < 1.29 is 4.79 Å². The number of pyridine rings is 1. The average molecular weight is 567 g/mol. The van der Waals surface area contributed by atoms with Gasteiger partial charge in [-0.25, -0.2) is 9.97 Å². The van der Waals surface area contributed by atoms with E-state index in [0.29, 0.717) is 37.5 Å². The molecule has 0 aliphatic rings. The number of benzene rings is 4. The van der Waals surface area contributed by atoms with Gasteiger partial charge in [0.2, 0.25) is 0 Å². The van der Waals surface area contributed by atoms with Crippen LogP contribution >= 0.6 is 34.5 Å². The number of amides is 1. The van der Waals surface area contributed by atoms with Gasteiger partial charge in [-0.2, -0.15) is 0 Å². The van der Waals surface area contributed by atoms with E-state index < -0.39 is 0 Å². The van der Waals surface area contributed by atoms with Crippen LogP contribution in [0.15, 0.2) is 102 Å². The third-order valence-electron chi connectivity index (χ3n) is 6.56. The summed E-state index contributed by atoms with van der Waals surface area (Å²) in [5.74, 6) is -0.252. The number of nitrogens with one attached hydrogen (secondary N) is 1. The number of carbonyl (C=O) groups excluding carboxylic acids is 1. The topological polar surface area (TPSA) is 54.9 Å². The molecule has 39 heavy (non-hydrogen) atoms. The van der Waals surface area contributed by atoms with Crippen LogP contribution in [0, 0.1) is 6.92 Å². The number of anilines is 1. The molecule has 1 N–H and O–H groups in total. The Labute approximate surface area is 239 Å². The smallest absolute Gasteiger partial charge is 0.258 e. The first-order chi connectivity index (χ1) is 19.0. The predicted molar refractivity (Wildman–Crippen MR) is 163 cm³/mol. The number of halogens is 2. The summed E-state index contributed by atoms with van der Waals surface area (Å²) < 4.78 is 0. The number of thiazole rings is 1. The molecule has 0 aliphatic carbocycles. The van der Waals surface area contributed by atoms with Crippen LogP contribution in [0.5, 0.6) is 0 Å². The maximum atomic E-state index is 13.7. The highest BCUT2D eigenvalue weighted by atomic mass is 35.5. The molecule has 0 saturated heterocycles. The van der Waals surface area contributed by atoms with Gasteiger partial charge in [-0.15, -0.1) is 11.3 Å². The minimum atomic E-state index is -0.252. The van der Waals surface area contributed by atoms with Crippen molar-refractivity contribution in [2.75, 3.05) is 5.32 Å². The summed E-state index contributed by atoms with van der Waals surface area (Å²) in [5.41, 5.74) is 7.40. The van der Waals surface area contributed by atoms with Crippen molar-refractivity contribution in [1.82, 2.24) is 9.97 Å². The average Bonchev–Trinajstić information content (AvgIpc) is 3.42. The number of fused-ring (bicyclic) bond motifs is 1. The van der Waals surface area contributed by atoms with Gasteiger partial charge < -0.3 is 0 Å². The van der Waals surface area contributed by atoms with E-state index in [9.17, 15) is 4.79 Å². The van der Waals surface area contributed by atoms with E-state index in [4.69, 9.17) is 33.2 Å². The molecule has 190 valence electrons. The third-order valence-corrected chi connectivity index (χ3v) is 7.87. The van der Waals surface area contributed by atoms with Crippen molar-refractivity contribution in [2.24, 2.45) is 0 Å².